The molecule has 27 heavy (non-hydrogen) atoms. The van der Waals surface area contributed by atoms with E-state index in [1.165, 1.54) is 11.8 Å². The monoisotopic (exact) mass is 403 g/mol. The number of aromatic nitrogens is 2. The summed E-state index contributed by atoms with van der Waals surface area (Å²) in [5.41, 5.74) is 0.767. The Hall–Kier alpha value is -2.39. The molecule has 0 radical (unpaired) electrons. The molecule has 1 saturated heterocycles. The van der Waals surface area contributed by atoms with Crippen LogP contribution in [0.15, 0.2) is 52.1 Å². The van der Waals surface area contributed by atoms with E-state index in [1.54, 1.807) is 18.4 Å². The number of para-hydroxylation sites is 1. The second kappa shape index (κ2) is 7.32. The van der Waals surface area contributed by atoms with Gasteiger partial charge in [0.1, 0.15) is 5.03 Å². The first-order chi connectivity index (χ1) is 13.0. The number of amides is 1. The van der Waals surface area contributed by atoms with Crippen molar-refractivity contribution in [2.24, 2.45) is 0 Å². The number of furan rings is 1. The van der Waals surface area contributed by atoms with Crippen LogP contribution in [0.3, 0.4) is 0 Å². The van der Waals surface area contributed by atoms with E-state index < -0.39 is 9.84 Å². The number of sulfone groups is 1. The molecule has 1 N–H and O–H groups in total. The molecular formula is C18H17N3O4S2. The fourth-order valence-corrected chi connectivity index (χ4v) is 5.49. The predicted molar refractivity (Wildman–Crippen MR) is 103 cm³/mol. The minimum Gasteiger partial charge on any atom is -0.461 e. The Morgan fingerprint density at radius 3 is 2.81 bits per heavy atom. The fourth-order valence-electron chi connectivity index (χ4n) is 2.99. The number of nitrogens with one attached hydrogen (secondary N) is 1. The Bertz CT molecular complexity index is 1080. The molecule has 0 aliphatic carbocycles. The number of thioether (sulfide) groups is 1. The molecule has 140 valence electrons. The maximum atomic E-state index is 12.2. The van der Waals surface area contributed by atoms with Crippen LogP contribution in [0.25, 0.3) is 22.5 Å². The molecule has 1 unspecified atom stereocenters. The molecule has 3 heterocycles. The molecule has 3 aromatic rings. The molecule has 1 aliphatic rings. The second-order valence-corrected chi connectivity index (χ2v) is 9.50. The number of hydrogen-bond donors (Lipinski definition) is 1. The molecule has 2 aromatic heterocycles. The zero-order valence-electron chi connectivity index (χ0n) is 14.3. The summed E-state index contributed by atoms with van der Waals surface area (Å²) in [4.78, 5) is 21.3. The SMILES string of the molecule is O=C(CSc1nc(-c2ccco2)nc2ccccc12)NC1CCS(=O)(=O)C1. The highest BCUT2D eigenvalue weighted by Crippen LogP contribution is 2.28. The third-order valence-corrected chi connectivity index (χ3v) is 7.01. The number of carbonyl (C=O) groups excluding carboxylic acids is 1. The van der Waals surface area contributed by atoms with Gasteiger partial charge in [-0.25, -0.2) is 18.4 Å². The number of nitrogens with zero attached hydrogens (tertiary/aromatic N) is 2. The largest absolute Gasteiger partial charge is 0.461 e. The van der Waals surface area contributed by atoms with Gasteiger partial charge >= 0.3 is 0 Å². The Balaban J connectivity index is 1.52. The van der Waals surface area contributed by atoms with Gasteiger partial charge in [-0.1, -0.05) is 30.0 Å². The third-order valence-electron chi connectivity index (χ3n) is 4.25. The summed E-state index contributed by atoms with van der Waals surface area (Å²) < 4.78 is 28.4. The van der Waals surface area contributed by atoms with Gasteiger partial charge in [-0.05, 0) is 24.6 Å². The van der Waals surface area contributed by atoms with E-state index in [0.717, 1.165) is 10.9 Å². The van der Waals surface area contributed by atoms with Crippen molar-refractivity contribution in [2.45, 2.75) is 17.5 Å². The number of benzene rings is 1. The van der Waals surface area contributed by atoms with Crippen LogP contribution in [0.1, 0.15) is 6.42 Å². The average molecular weight is 403 g/mol. The molecule has 0 bridgehead atoms. The predicted octanol–water partition coefficient (Wildman–Crippen LogP) is 2.29. The van der Waals surface area contributed by atoms with E-state index in [9.17, 15) is 13.2 Å². The lowest BCUT2D eigenvalue weighted by Crippen LogP contribution is -2.36. The van der Waals surface area contributed by atoms with Gasteiger partial charge in [0.05, 0.1) is 29.0 Å². The van der Waals surface area contributed by atoms with Crippen LogP contribution in [-0.2, 0) is 14.6 Å². The zero-order valence-corrected chi connectivity index (χ0v) is 15.9. The van der Waals surface area contributed by atoms with Gasteiger partial charge in [0.15, 0.2) is 21.4 Å². The zero-order chi connectivity index (χ0) is 18.9. The van der Waals surface area contributed by atoms with E-state index in [4.69, 9.17) is 4.42 Å². The van der Waals surface area contributed by atoms with E-state index in [1.807, 2.05) is 24.3 Å². The van der Waals surface area contributed by atoms with Crippen LogP contribution >= 0.6 is 11.8 Å². The Kier molecular flexibility index (Phi) is 4.88. The average Bonchev–Trinajstić information content (AvgIpc) is 3.29. The highest BCUT2D eigenvalue weighted by Gasteiger charge is 2.28. The van der Waals surface area contributed by atoms with Crippen LogP contribution < -0.4 is 5.32 Å². The number of carbonyl (C=O) groups is 1. The minimum atomic E-state index is -3.02. The Morgan fingerprint density at radius 2 is 2.07 bits per heavy atom. The maximum Gasteiger partial charge on any atom is 0.230 e. The standard InChI is InChI=1S/C18H17N3O4S2/c22-16(19-12-7-9-27(23,24)11-12)10-26-18-13-4-1-2-5-14(13)20-17(21-18)15-6-3-8-25-15/h1-6,8,12H,7,9-11H2,(H,19,22). The third kappa shape index (κ3) is 4.14. The molecule has 0 saturated carbocycles. The lowest BCUT2D eigenvalue weighted by Gasteiger charge is -2.11. The molecule has 0 spiro atoms. The lowest BCUT2D eigenvalue weighted by atomic mass is 10.2. The van der Waals surface area contributed by atoms with Gasteiger partial charge in [-0.15, -0.1) is 0 Å². The van der Waals surface area contributed by atoms with Gasteiger partial charge in [-0.3, -0.25) is 4.79 Å². The molecule has 1 fully saturated rings. The molecule has 1 amide bonds. The van der Waals surface area contributed by atoms with E-state index in [0.29, 0.717) is 23.0 Å². The number of fused-ring (bicyclic) bond motifs is 1. The van der Waals surface area contributed by atoms with Gasteiger partial charge in [-0.2, -0.15) is 0 Å². The van der Waals surface area contributed by atoms with Crippen LogP contribution in [0, 0.1) is 0 Å². The van der Waals surface area contributed by atoms with E-state index >= 15 is 0 Å². The van der Waals surface area contributed by atoms with Crippen LogP contribution in [0.4, 0.5) is 0 Å². The normalized spacial score (nSPS) is 18.6. The maximum absolute atomic E-state index is 12.2. The summed E-state index contributed by atoms with van der Waals surface area (Å²) in [5, 5.41) is 4.33. The van der Waals surface area contributed by atoms with Crippen molar-refractivity contribution in [3.63, 3.8) is 0 Å². The minimum absolute atomic E-state index is 0.0164. The van der Waals surface area contributed by atoms with Gasteiger partial charge < -0.3 is 9.73 Å². The lowest BCUT2D eigenvalue weighted by molar-refractivity contribution is -0.119. The van der Waals surface area contributed by atoms with Gasteiger partial charge in [0.25, 0.3) is 0 Å². The van der Waals surface area contributed by atoms with E-state index in [-0.39, 0.29) is 29.2 Å². The number of hydrogen-bond acceptors (Lipinski definition) is 7. The number of rotatable bonds is 5. The summed E-state index contributed by atoms with van der Waals surface area (Å²) in [7, 11) is -3.02. The smallest absolute Gasteiger partial charge is 0.230 e. The summed E-state index contributed by atoms with van der Waals surface area (Å²) in [6.45, 7) is 0. The van der Waals surface area contributed by atoms with Crippen LogP contribution in [-0.4, -0.2) is 47.6 Å². The highest BCUT2D eigenvalue weighted by molar-refractivity contribution is 8.00. The van der Waals surface area contributed by atoms with Crippen molar-refractivity contribution >= 4 is 38.4 Å². The fraction of sp³-hybridized carbons (Fsp3) is 0.278. The Labute approximate surface area is 160 Å². The molecular weight excluding hydrogens is 386 g/mol. The Morgan fingerprint density at radius 1 is 1.22 bits per heavy atom. The summed E-state index contributed by atoms with van der Waals surface area (Å²) in [6.07, 6.45) is 2.03. The van der Waals surface area contributed by atoms with Crippen LogP contribution in [0.2, 0.25) is 0 Å². The van der Waals surface area contributed by atoms with Crippen LogP contribution in [0.5, 0.6) is 0 Å². The van der Waals surface area contributed by atoms with Crippen molar-refractivity contribution in [3.8, 4) is 11.6 Å². The van der Waals surface area contributed by atoms with Gasteiger partial charge in [0, 0.05) is 11.4 Å². The summed E-state index contributed by atoms with van der Waals surface area (Å²) in [5.74, 6) is 1.11. The van der Waals surface area contributed by atoms with Crippen molar-refractivity contribution in [2.75, 3.05) is 17.3 Å². The van der Waals surface area contributed by atoms with E-state index in [2.05, 4.69) is 15.3 Å². The summed E-state index contributed by atoms with van der Waals surface area (Å²) >= 11 is 1.30. The molecule has 1 atom stereocenters. The molecule has 9 heteroatoms. The van der Waals surface area contributed by atoms with Crippen molar-refractivity contribution in [3.05, 3.63) is 42.7 Å². The van der Waals surface area contributed by atoms with Gasteiger partial charge in [0.2, 0.25) is 5.91 Å². The first-order valence-corrected chi connectivity index (χ1v) is 11.2. The topological polar surface area (TPSA) is 102 Å². The van der Waals surface area contributed by atoms with Crippen molar-refractivity contribution in [1.82, 2.24) is 15.3 Å². The highest BCUT2D eigenvalue weighted by atomic mass is 32.2. The quantitative estimate of drug-likeness (QED) is 0.515. The molecule has 1 aromatic carbocycles. The molecule has 4 rings (SSSR count). The summed E-state index contributed by atoms with van der Waals surface area (Å²) in [6, 6.07) is 10.8. The first-order valence-electron chi connectivity index (χ1n) is 8.43. The molecule has 7 nitrogen and oxygen atoms in total. The van der Waals surface area contributed by atoms with Crippen molar-refractivity contribution < 1.29 is 17.6 Å². The first kappa shape index (κ1) is 18.0. The molecule has 1 aliphatic heterocycles. The second-order valence-electron chi connectivity index (χ2n) is 6.30. The van der Waals surface area contributed by atoms with Crippen molar-refractivity contribution in [1.29, 1.82) is 0 Å².